The first-order chi connectivity index (χ1) is 7.65. The monoisotopic (exact) mass is 222 g/mol. The summed E-state index contributed by atoms with van der Waals surface area (Å²) in [5.41, 5.74) is 6.77. The molecule has 0 aromatic heterocycles. The molecule has 1 aromatic rings. The van der Waals surface area contributed by atoms with Gasteiger partial charge in [0.05, 0.1) is 6.61 Å². The largest absolute Gasteiger partial charge is 0.383 e. The molecule has 1 unspecified atom stereocenters. The van der Waals surface area contributed by atoms with Crippen LogP contribution in [-0.4, -0.2) is 25.7 Å². The first kappa shape index (κ1) is 12.7. The molecule has 0 aliphatic heterocycles. The van der Waals surface area contributed by atoms with Gasteiger partial charge in [-0.2, -0.15) is 0 Å². The molecular formula is C12H18N2O2. The second-order valence-corrected chi connectivity index (χ2v) is 3.76. The summed E-state index contributed by atoms with van der Waals surface area (Å²) in [5.74, 6) is -0.392. The van der Waals surface area contributed by atoms with Gasteiger partial charge in [0.15, 0.2) is 0 Å². The van der Waals surface area contributed by atoms with Crippen LogP contribution in [0.15, 0.2) is 24.3 Å². The third kappa shape index (κ3) is 3.64. The Labute approximate surface area is 95.8 Å². The number of hydrogen-bond donors (Lipinski definition) is 2. The summed E-state index contributed by atoms with van der Waals surface area (Å²) in [6.07, 6.45) is 0. The molecule has 1 aromatic carbocycles. The maximum Gasteiger partial charge on any atom is 0.249 e. The summed E-state index contributed by atoms with van der Waals surface area (Å²) >= 11 is 0. The molecule has 0 aliphatic carbocycles. The molecule has 0 heterocycles. The van der Waals surface area contributed by atoms with Crippen molar-refractivity contribution in [2.75, 3.05) is 13.7 Å². The standard InChI is InChI=1S/C12H18N2O2/c1-9(8-16-2)14-7-10-5-3-4-6-11(10)12(13)15/h3-6,9,14H,7-8H2,1-2H3,(H2,13,15). The molecule has 0 fully saturated rings. The highest BCUT2D eigenvalue weighted by Gasteiger charge is 2.07. The van der Waals surface area contributed by atoms with Crippen molar-refractivity contribution in [2.24, 2.45) is 5.73 Å². The zero-order chi connectivity index (χ0) is 12.0. The number of amides is 1. The smallest absolute Gasteiger partial charge is 0.249 e. The molecule has 0 saturated heterocycles. The van der Waals surface area contributed by atoms with Gasteiger partial charge in [-0.3, -0.25) is 4.79 Å². The van der Waals surface area contributed by atoms with Crippen LogP contribution in [0.4, 0.5) is 0 Å². The molecule has 3 N–H and O–H groups in total. The van der Waals surface area contributed by atoms with E-state index in [0.29, 0.717) is 18.7 Å². The Morgan fingerprint density at radius 1 is 1.50 bits per heavy atom. The number of carbonyl (C=O) groups excluding carboxylic acids is 1. The Kier molecular flexibility index (Phi) is 4.95. The van der Waals surface area contributed by atoms with Crippen LogP contribution in [0, 0.1) is 0 Å². The fourth-order valence-electron chi connectivity index (χ4n) is 1.51. The predicted octanol–water partition coefficient (Wildman–Crippen LogP) is 0.910. The Balaban J connectivity index is 2.63. The number of nitrogens with one attached hydrogen (secondary N) is 1. The van der Waals surface area contributed by atoms with E-state index in [9.17, 15) is 4.79 Å². The van der Waals surface area contributed by atoms with Gasteiger partial charge < -0.3 is 15.8 Å². The zero-order valence-electron chi connectivity index (χ0n) is 9.69. The van der Waals surface area contributed by atoms with E-state index in [0.717, 1.165) is 5.56 Å². The number of carbonyl (C=O) groups is 1. The first-order valence-corrected chi connectivity index (χ1v) is 5.25. The van der Waals surface area contributed by atoms with Crippen LogP contribution in [0.3, 0.4) is 0 Å². The van der Waals surface area contributed by atoms with Gasteiger partial charge in [0.2, 0.25) is 5.91 Å². The predicted molar refractivity (Wildman–Crippen MR) is 63.1 cm³/mol. The molecule has 0 bridgehead atoms. The minimum atomic E-state index is -0.392. The van der Waals surface area contributed by atoms with Crippen molar-refractivity contribution in [1.29, 1.82) is 0 Å². The van der Waals surface area contributed by atoms with Crippen molar-refractivity contribution >= 4 is 5.91 Å². The number of rotatable bonds is 6. The van der Waals surface area contributed by atoms with Gasteiger partial charge in [0.25, 0.3) is 0 Å². The topological polar surface area (TPSA) is 64.3 Å². The van der Waals surface area contributed by atoms with Crippen molar-refractivity contribution in [3.05, 3.63) is 35.4 Å². The lowest BCUT2D eigenvalue weighted by atomic mass is 10.1. The van der Waals surface area contributed by atoms with Crippen LogP contribution in [-0.2, 0) is 11.3 Å². The third-order valence-corrected chi connectivity index (χ3v) is 2.34. The number of primary amides is 1. The molecular weight excluding hydrogens is 204 g/mol. The second-order valence-electron chi connectivity index (χ2n) is 3.76. The van der Waals surface area contributed by atoms with Gasteiger partial charge in [0, 0.05) is 25.3 Å². The van der Waals surface area contributed by atoms with E-state index in [1.54, 1.807) is 13.2 Å². The molecule has 16 heavy (non-hydrogen) atoms. The maximum absolute atomic E-state index is 11.2. The molecule has 0 spiro atoms. The van der Waals surface area contributed by atoms with Crippen molar-refractivity contribution in [2.45, 2.75) is 19.5 Å². The molecule has 0 aliphatic rings. The third-order valence-electron chi connectivity index (χ3n) is 2.34. The number of ether oxygens (including phenoxy) is 1. The average molecular weight is 222 g/mol. The molecule has 1 atom stereocenters. The summed E-state index contributed by atoms with van der Waals surface area (Å²) in [4.78, 5) is 11.2. The van der Waals surface area contributed by atoms with E-state index in [4.69, 9.17) is 10.5 Å². The Morgan fingerprint density at radius 3 is 2.81 bits per heavy atom. The number of nitrogens with two attached hydrogens (primary N) is 1. The van der Waals surface area contributed by atoms with Gasteiger partial charge in [-0.05, 0) is 18.6 Å². The van der Waals surface area contributed by atoms with Crippen LogP contribution >= 0.6 is 0 Å². The van der Waals surface area contributed by atoms with E-state index in [1.165, 1.54) is 0 Å². The lowest BCUT2D eigenvalue weighted by molar-refractivity contribution is 0.0999. The van der Waals surface area contributed by atoms with E-state index in [-0.39, 0.29) is 6.04 Å². The Morgan fingerprint density at radius 2 is 2.19 bits per heavy atom. The fourth-order valence-corrected chi connectivity index (χ4v) is 1.51. The maximum atomic E-state index is 11.2. The number of benzene rings is 1. The highest BCUT2D eigenvalue weighted by molar-refractivity contribution is 5.94. The summed E-state index contributed by atoms with van der Waals surface area (Å²) in [6, 6.07) is 7.57. The summed E-state index contributed by atoms with van der Waals surface area (Å²) in [7, 11) is 1.66. The van der Waals surface area contributed by atoms with Crippen molar-refractivity contribution in [3.63, 3.8) is 0 Å². The van der Waals surface area contributed by atoms with E-state index in [1.807, 2.05) is 25.1 Å². The second kappa shape index (κ2) is 6.25. The van der Waals surface area contributed by atoms with Crippen LogP contribution in [0.25, 0.3) is 0 Å². The molecule has 1 rings (SSSR count). The van der Waals surface area contributed by atoms with Gasteiger partial charge in [-0.15, -0.1) is 0 Å². The van der Waals surface area contributed by atoms with Crippen LogP contribution in [0.5, 0.6) is 0 Å². The molecule has 0 saturated carbocycles. The molecule has 1 amide bonds. The summed E-state index contributed by atoms with van der Waals surface area (Å²) in [6.45, 7) is 3.28. The highest BCUT2D eigenvalue weighted by Crippen LogP contribution is 2.07. The van der Waals surface area contributed by atoms with Gasteiger partial charge in [-0.1, -0.05) is 18.2 Å². The van der Waals surface area contributed by atoms with E-state index >= 15 is 0 Å². The highest BCUT2D eigenvalue weighted by atomic mass is 16.5. The van der Waals surface area contributed by atoms with E-state index < -0.39 is 5.91 Å². The lowest BCUT2D eigenvalue weighted by Gasteiger charge is -2.13. The van der Waals surface area contributed by atoms with Crippen LogP contribution < -0.4 is 11.1 Å². The first-order valence-electron chi connectivity index (χ1n) is 5.25. The molecule has 4 heteroatoms. The number of hydrogen-bond acceptors (Lipinski definition) is 3. The summed E-state index contributed by atoms with van der Waals surface area (Å²) in [5, 5.41) is 3.26. The van der Waals surface area contributed by atoms with Gasteiger partial charge >= 0.3 is 0 Å². The lowest BCUT2D eigenvalue weighted by Crippen LogP contribution is -2.30. The van der Waals surface area contributed by atoms with Crippen molar-refractivity contribution < 1.29 is 9.53 Å². The molecule has 0 radical (unpaired) electrons. The quantitative estimate of drug-likeness (QED) is 0.752. The minimum Gasteiger partial charge on any atom is -0.383 e. The average Bonchev–Trinajstić information content (AvgIpc) is 2.27. The fraction of sp³-hybridized carbons (Fsp3) is 0.417. The summed E-state index contributed by atoms with van der Waals surface area (Å²) < 4.78 is 5.02. The zero-order valence-corrected chi connectivity index (χ0v) is 9.69. The SMILES string of the molecule is COCC(C)NCc1ccccc1C(N)=O. The van der Waals surface area contributed by atoms with Gasteiger partial charge in [-0.25, -0.2) is 0 Å². The van der Waals surface area contributed by atoms with Crippen LogP contribution in [0.2, 0.25) is 0 Å². The van der Waals surface area contributed by atoms with Crippen molar-refractivity contribution in [1.82, 2.24) is 5.32 Å². The molecule has 4 nitrogen and oxygen atoms in total. The van der Waals surface area contributed by atoms with Gasteiger partial charge in [0.1, 0.15) is 0 Å². The molecule has 88 valence electrons. The normalized spacial score (nSPS) is 12.4. The van der Waals surface area contributed by atoms with Crippen molar-refractivity contribution in [3.8, 4) is 0 Å². The Hall–Kier alpha value is -1.39. The van der Waals surface area contributed by atoms with E-state index in [2.05, 4.69) is 5.32 Å². The van der Waals surface area contributed by atoms with Crippen LogP contribution in [0.1, 0.15) is 22.8 Å². The minimum absolute atomic E-state index is 0.242. The Bertz CT molecular complexity index is 353. The number of methoxy groups -OCH3 is 1.